The van der Waals surface area contributed by atoms with E-state index in [0.717, 1.165) is 5.56 Å². The first kappa shape index (κ1) is 19.2. The van der Waals surface area contributed by atoms with Gasteiger partial charge in [-0.25, -0.2) is 9.59 Å². The maximum atomic E-state index is 12.3. The van der Waals surface area contributed by atoms with Gasteiger partial charge in [-0.1, -0.05) is 42.5 Å². The van der Waals surface area contributed by atoms with E-state index >= 15 is 0 Å². The van der Waals surface area contributed by atoms with E-state index in [1.54, 1.807) is 24.3 Å². The van der Waals surface area contributed by atoms with Crippen molar-refractivity contribution in [3.8, 4) is 0 Å². The lowest BCUT2D eigenvalue weighted by Gasteiger charge is -2.09. The number of aryl methyl sites for hydroxylation is 1. The predicted molar refractivity (Wildman–Crippen MR) is 104 cm³/mol. The van der Waals surface area contributed by atoms with Crippen molar-refractivity contribution in [2.24, 2.45) is 0 Å². The van der Waals surface area contributed by atoms with Crippen LogP contribution in [0.1, 0.15) is 18.9 Å². The second kappa shape index (κ2) is 8.85. The van der Waals surface area contributed by atoms with Gasteiger partial charge in [-0.2, -0.15) is 0 Å². The molecule has 0 saturated carbocycles. The number of ether oxygens (including phenoxy) is 1. The van der Waals surface area contributed by atoms with Gasteiger partial charge in [0.25, 0.3) is 0 Å². The molecule has 0 fully saturated rings. The first-order valence-corrected chi connectivity index (χ1v) is 8.84. The number of oxazole rings is 1. The molecule has 1 amide bonds. The lowest BCUT2D eigenvalue weighted by Crippen LogP contribution is -2.26. The minimum absolute atomic E-state index is 0.0598. The Morgan fingerprint density at radius 2 is 1.82 bits per heavy atom. The third-order valence-corrected chi connectivity index (χ3v) is 3.97. The van der Waals surface area contributed by atoms with E-state index < -0.39 is 11.7 Å². The minimum atomic E-state index is -0.636. The Bertz CT molecular complexity index is 1060. The summed E-state index contributed by atoms with van der Waals surface area (Å²) in [5, 5.41) is 2.49. The Kier molecular flexibility index (Phi) is 6.06. The topological polar surface area (TPSA) is 90.5 Å². The fraction of sp³-hybridized carbons (Fsp3) is 0.190. The van der Waals surface area contributed by atoms with Crippen LogP contribution in [0.2, 0.25) is 0 Å². The summed E-state index contributed by atoms with van der Waals surface area (Å²) in [6.07, 6.45) is 1.98. The molecule has 28 heavy (non-hydrogen) atoms. The molecule has 1 heterocycles. The molecule has 1 aromatic heterocycles. The van der Waals surface area contributed by atoms with E-state index in [4.69, 9.17) is 9.15 Å². The normalized spacial score (nSPS) is 11.4. The number of amides is 1. The van der Waals surface area contributed by atoms with Crippen molar-refractivity contribution in [2.75, 3.05) is 6.61 Å². The Morgan fingerprint density at radius 1 is 1.11 bits per heavy atom. The molecule has 144 valence electrons. The van der Waals surface area contributed by atoms with Crippen molar-refractivity contribution in [3.05, 3.63) is 76.4 Å². The van der Waals surface area contributed by atoms with Crippen LogP contribution in [0.25, 0.3) is 17.2 Å². The van der Waals surface area contributed by atoms with Crippen molar-refractivity contribution < 1.29 is 18.7 Å². The van der Waals surface area contributed by atoms with Gasteiger partial charge in [0.2, 0.25) is 5.91 Å². The summed E-state index contributed by atoms with van der Waals surface area (Å²) in [7, 11) is 0. The highest BCUT2D eigenvalue weighted by Crippen LogP contribution is 2.12. The highest BCUT2D eigenvalue weighted by atomic mass is 16.5. The molecule has 1 N–H and O–H groups in total. The van der Waals surface area contributed by atoms with Gasteiger partial charge in [0.1, 0.15) is 5.70 Å². The number of fused-ring (bicyclic) bond motifs is 1. The molecule has 3 aromatic rings. The zero-order valence-corrected chi connectivity index (χ0v) is 15.4. The van der Waals surface area contributed by atoms with Gasteiger partial charge in [0.15, 0.2) is 5.58 Å². The standard InChI is InChI=1S/C21H20N2O5/c1-15(24)22-17(14-16-8-3-2-4-9-16)20(25)27-13-7-12-23-18-10-5-6-11-19(18)28-21(23)26/h2-6,8-11,14H,7,12-13H2,1H3,(H,22,24)/b17-14+. The molecule has 0 aliphatic heterocycles. The predicted octanol–water partition coefficient (Wildman–Crippen LogP) is 2.71. The summed E-state index contributed by atoms with van der Waals surface area (Å²) in [6.45, 7) is 1.76. The number of carbonyl (C=O) groups excluding carboxylic acids is 2. The zero-order chi connectivity index (χ0) is 19.9. The second-order valence-corrected chi connectivity index (χ2v) is 6.13. The van der Waals surface area contributed by atoms with Crippen LogP contribution in [0.15, 0.2) is 69.5 Å². The summed E-state index contributed by atoms with van der Waals surface area (Å²) >= 11 is 0. The molecular weight excluding hydrogens is 360 g/mol. The lowest BCUT2D eigenvalue weighted by molar-refractivity contribution is -0.140. The number of carbonyl (C=O) groups is 2. The van der Waals surface area contributed by atoms with Crippen LogP contribution in [0.4, 0.5) is 0 Å². The van der Waals surface area contributed by atoms with Crippen molar-refractivity contribution in [2.45, 2.75) is 19.9 Å². The minimum Gasteiger partial charge on any atom is -0.461 e. The number of nitrogens with one attached hydrogen (secondary N) is 1. The highest BCUT2D eigenvalue weighted by molar-refractivity contribution is 5.97. The summed E-state index contributed by atoms with van der Waals surface area (Å²) in [5.41, 5.74) is 2.04. The van der Waals surface area contributed by atoms with Crippen LogP contribution in [-0.4, -0.2) is 23.1 Å². The third kappa shape index (κ3) is 4.76. The molecule has 0 saturated heterocycles. The molecule has 7 nitrogen and oxygen atoms in total. The average Bonchev–Trinajstić information content (AvgIpc) is 3.00. The number of para-hydroxylation sites is 2. The SMILES string of the molecule is CC(=O)N/C(=C/c1ccccc1)C(=O)OCCCn1c(=O)oc2ccccc21. The molecule has 0 spiro atoms. The van der Waals surface area contributed by atoms with E-state index in [2.05, 4.69) is 5.32 Å². The van der Waals surface area contributed by atoms with Crippen LogP contribution in [-0.2, 0) is 20.9 Å². The first-order valence-electron chi connectivity index (χ1n) is 8.84. The summed E-state index contributed by atoms with van der Waals surface area (Å²) in [4.78, 5) is 35.7. The van der Waals surface area contributed by atoms with Crippen molar-refractivity contribution in [1.82, 2.24) is 9.88 Å². The quantitative estimate of drug-likeness (QED) is 0.387. The van der Waals surface area contributed by atoms with E-state index in [-0.39, 0.29) is 18.2 Å². The van der Waals surface area contributed by atoms with Gasteiger partial charge in [-0.05, 0) is 30.2 Å². The largest absolute Gasteiger partial charge is 0.461 e. The number of rotatable bonds is 7. The maximum Gasteiger partial charge on any atom is 0.419 e. The molecule has 0 radical (unpaired) electrons. The molecule has 3 rings (SSSR count). The van der Waals surface area contributed by atoms with Crippen LogP contribution in [0, 0.1) is 0 Å². The van der Waals surface area contributed by atoms with Crippen molar-refractivity contribution in [1.29, 1.82) is 0 Å². The number of aromatic nitrogens is 1. The molecule has 7 heteroatoms. The van der Waals surface area contributed by atoms with Gasteiger partial charge in [-0.15, -0.1) is 0 Å². The van der Waals surface area contributed by atoms with E-state index in [1.165, 1.54) is 11.5 Å². The van der Waals surface area contributed by atoms with Crippen LogP contribution in [0.5, 0.6) is 0 Å². The molecule has 0 bridgehead atoms. The number of esters is 1. The lowest BCUT2D eigenvalue weighted by atomic mass is 10.2. The summed E-state index contributed by atoms with van der Waals surface area (Å²) in [5.74, 6) is -1.45. The summed E-state index contributed by atoms with van der Waals surface area (Å²) < 4.78 is 11.9. The van der Waals surface area contributed by atoms with E-state index in [9.17, 15) is 14.4 Å². The van der Waals surface area contributed by atoms with Crippen molar-refractivity contribution >= 4 is 29.1 Å². The smallest absolute Gasteiger partial charge is 0.419 e. The third-order valence-electron chi connectivity index (χ3n) is 3.97. The van der Waals surface area contributed by atoms with Crippen LogP contribution < -0.4 is 11.1 Å². The van der Waals surface area contributed by atoms with E-state index in [0.29, 0.717) is 24.1 Å². The van der Waals surface area contributed by atoms with Gasteiger partial charge >= 0.3 is 11.7 Å². The van der Waals surface area contributed by atoms with Gasteiger partial charge in [0, 0.05) is 13.5 Å². The van der Waals surface area contributed by atoms with E-state index in [1.807, 2.05) is 36.4 Å². The van der Waals surface area contributed by atoms with Gasteiger partial charge < -0.3 is 14.5 Å². The number of hydrogen-bond donors (Lipinski definition) is 1. The molecule has 2 aromatic carbocycles. The average molecular weight is 380 g/mol. The Hall–Kier alpha value is -3.61. The molecule has 0 unspecified atom stereocenters. The zero-order valence-electron chi connectivity index (χ0n) is 15.4. The molecule has 0 atom stereocenters. The monoisotopic (exact) mass is 380 g/mol. The van der Waals surface area contributed by atoms with Crippen molar-refractivity contribution in [3.63, 3.8) is 0 Å². The van der Waals surface area contributed by atoms with Crippen LogP contribution in [0.3, 0.4) is 0 Å². The Balaban J connectivity index is 1.61. The van der Waals surface area contributed by atoms with Crippen LogP contribution >= 0.6 is 0 Å². The van der Waals surface area contributed by atoms with Gasteiger partial charge in [-0.3, -0.25) is 9.36 Å². The highest BCUT2D eigenvalue weighted by Gasteiger charge is 2.13. The summed E-state index contributed by atoms with van der Waals surface area (Å²) in [6, 6.07) is 16.3. The number of benzene rings is 2. The Labute approximate surface area is 161 Å². The van der Waals surface area contributed by atoms with Gasteiger partial charge in [0.05, 0.1) is 12.1 Å². The molecule has 0 aliphatic rings. The fourth-order valence-corrected chi connectivity index (χ4v) is 2.74. The first-order chi connectivity index (χ1) is 13.5. The Morgan fingerprint density at radius 3 is 2.57 bits per heavy atom. The number of nitrogens with zero attached hydrogens (tertiary/aromatic N) is 1. The molecular formula is C21H20N2O5. The number of hydrogen-bond acceptors (Lipinski definition) is 5. The fourth-order valence-electron chi connectivity index (χ4n) is 2.74. The second-order valence-electron chi connectivity index (χ2n) is 6.13. The maximum absolute atomic E-state index is 12.3. The molecule has 0 aliphatic carbocycles.